The second-order valence-corrected chi connectivity index (χ2v) is 10.1. The lowest BCUT2D eigenvalue weighted by Gasteiger charge is -2.25. The Kier molecular flexibility index (Phi) is 4.71. The first kappa shape index (κ1) is 17.8. The number of para-hydroxylation sites is 1. The van der Waals surface area contributed by atoms with E-state index in [-0.39, 0.29) is 28.6 Å². The lowest BCUT2D eigenvalue weighted by atomic mass is 10.2. The van der Waals surface area contributed by atoms with Crippen LogP contribution in [0.3, 0.4) is 0 Å². The molecule has 0 unspecified atom stereocenters. The van der Waals surface area contributed by atoms with Gasteiger partial charge in [0.1, 0.15) is 5.82 Å². The molecule has 0 spiro atoms. The summed E-state index contributed by atoms with van der Waals surface area (Å²) >= 11 is 7.70. The van der Waals surface area contributed by atoms with Crippen molar-refractivity contribution in [1.29, 1.82) is 0 Å². The normalized spacial score (nSPS) is 23.5. The Balaban J connectivity index is 1.67. The number of thioether (sulfide) groups is 1. The summed E-state index contributed by atoms with van der Waals surface area (Å²) in [4.78, 5) is 6.68. The molecule has 2 aromatic carbocycles. The molecule has 0 aliphatic carbocycles. The summed E-state index contributed by atoms with van der Waals surface area (Å²) in [5.74, 6) is -0.110. The summed E-state index contributed by atoms with van der Waals surface area (Å²) in [6.45, 7) is 0.432. The molecule has 2 aromatic rings. The molecule has 0 saturated carbocycles. The zero-order chi connectivity index (χ0) is 18.3. The van der Waals surface area contributed by atoms with E-state index in [1.165, 1.54) is 23.9 Å². The summed E-state index contributed by atoms with van der Waals surface area (Å²) in [5, 5.41) is 1.10. The predicted molar refractivity (Wildman–Crippen MR) is 105 cm³/mol. The van der Waals surface area contributed by atoms with E-state index < -0.39 is 9.84 Å². The fourth-order valence-electron chi connectivity index (χ4n) is 3.17. The first-order valence-corrected chi connectivity index (χ1v) is 11.2. The summed E-state index contributed by atoms with van der Waals surface area (Å²) in [6.07, 6.45) is 0. The van der Waals surface area contributed by atoms with Crippen LogP contribution >= 0.6 is 23.4 Å². The largest absolute Gasteiger partial charge is 0.317 e. The van der Waals surface area contributed by atoms with Crippen LogP contribution in [0.15, 0.2) is 53.5 Å². The van der Waals surface area contributed by atoms with Gasteiger partial charge in [0.15, 0.2) is 15.0 Å². The van der Waals surface area contributed by atoms with Crippen molar-refractivity contribution in [3.63, 3.8) is 0 Å². The van der Waals surface area contributed by atoms with Crippen molar-refractivity contribution < 1.29 is 12.8 Å². The number of anilines is 1. The first-order valence-electron chi connectivity index (χ1n) is 8.13. The minimum Gasteiger partial charge on any atom is -0.317 e. The van der Waals surface area contributed by atoms with E-state index in [1.54, 1.807) is 6.07 Å². The Morgan fingerprint density at radius 1 is 1.19 bits per heavy atom. The highest BCUT2D eigenvalue weighted by Gasteiger charge is 2.44. The smallest absolute Gasteiger partial charge is 0.164 e. The topological polar surface area (TPSA) is 49.7 Å². The molecule has 0 amide bonds. The average Bonchev–Trinajstić information content (AvgIpc) is 3.08. The molecule has 4 rings (SSSR count). The van der Waals surface area contributed by atoms with Gasteiger partial charge in [0.25, 0.3) is 0 Å². The highest BCUT2D eigenvalue weighted by Crippen LogP contribution is 2.37. The Morgan fingerprint density at radius 2 is 1.96 bits per heavy atom. The zero-order valence-corrected chi connectivity index (χ0v) is 16.1. The molecular formula is C18H16ClFN2O2S2. The molecule has 0 radical (unpaired) electrons. The van der Waals surface area contributed by atoms with Gasteiger partial charge in [-0.3, -0.25) is 4.99 Å². The van der Waals surface area contributed by atoms with Crippen LogP contribution in [-0.4, -0.2) is 36.4 Å². The average molecular weight is 411 g/mol. The van der Waals surface area contributed by atoms with E-state index >= 15 is 0 Å². The Morgan fingerprint density at radius 3 is 2.65 bits per heavy atom. The van der Waals surface area contributed by atoms with Crippen LogP contribution in [0.1, 0.15) is 5.56 Å². The van der Waals surface area contributed by atoms with Gasteiger partial charge in [0, 0.05) is 16.0 Å². The second-order valence-electron chi connectivity index (χ2n) is 6.37. The number of fused-ring (bicyclic) bond motifs is 1. The molecule has 136 valence electrons. The molecule has 8 heteroatoms. The van der Waals surface area contributed by atoms with E-state index in [9.17, 15) is 12.8 Å². The number of hydrogen-bond acceptors (Lipinski definition) is 5. The van der Waals surface area contributed by atoms with Gasteiger partial charge in [-0.1, -0.05) is 47.6 Å². The lowest BCUT2D eigenvalue weighted by molar-refractivity contribution is 0.601. The number of sulfone groups is 1. The molecule has 1 saturated heterocycles. The summed E-state index contributed by atoms with van der Waals surface area (Å²) < 4.78 is 37.0. The van der Waals surface area contributed by atoms with Crippen LogP contribution in [0.25, 0.3) is 0 Å². The highest BCUT2D eigenvalue weighted by molar-refractivity contribution is 8.15. The van der Waals surface area contributed by atoms with E-state index in [4.69, 9.17) is 11.6 Å². The van der Waals surface area contributed by atoms with Gasteiger partial charge >= 0.3 is 0 Å². The second kappa shape index (κ2) is 6.87. The van der Waals surface area contributed by atoms with Gasteiger partial charge in [0.05, 0.1) is 24.1 Å². The van der Waals surface area contributed by atoms with Gasteiger partial charge in [-0.25, -0.2) is 12.8 Å². The Hall–Kier alpha value is -1.57. The third-order valence-electron chi connectivity index (χ3n) is 4.45. The summed E-state index contributed by atoms with van der Waals surface area (Å²) in [7, 11) is -3.00. The van der Waals surface area contributed by atoms with Gasteiger partial charge < -0.3 is 4.90 Å². The molecular weight excluding hydrogens is 395 g/mol. The quantitative estimate of drug-likeness (QED) is 0.773. The van der Waals surface area contributed by atoms with Crippen molar-refractivity contribution in [2.75, 3.05) is 16.4 Å². The Labute approximate surface area is 161 Å². The van der Waals surface area contributed by atoms with Crippen molar-refractivity contribution in [3.8, 4) is 0 Å². The van der Waals surface area contributed by atoms with E-state index in [0.717, 1.165) is 16.4 Å². The van der Waals surface area contributed by atoms with E-state index in [2.05, 4.69) is 4.99 Å². The number of aliphatic imine (C=N–C) groups is 1. The van der Waals surface area contributed by atoms with Crippen molar-refractivity contribution in [3.05, 3.63) is 64.9 Å². The van der Waals surface area contributed by atoms with Crippen LogP contribution in [0.5, 0.6) is 0 Å². The molecule has 4 nitrogen and oxygen atoms in total. The number of amidine groups is 1. The van der Waals surface area contributed by atoms with Crippen LogP contribution in [0, 0.1) is 5.82 Å². The van der Waals surface area contributed by atoms with Gasteiger partial charge in [-0.15, -0.1) is 0 Å². The number of rotatable bonds is 3. The fraction of sp³-hybridized carbons (Fsp3) is 0.278. The van der Waals surface area contributed by atoms with Crippen LogP contribution in [0.2, 0.25) is 5.02 Å². The zero-order valence-electron chi connectivity index (χ0n) is 13.7. The third-order valence-corrected chi connectivity index (χ3v) is 8.05. The third kappa shape index (κ3) is 3.61. The van der Waals surface area contributed by atoms with Crippen LogP contribution in [-0.2, 0) is 16.4 Å². The highest BCUT2D eigenvalue weighted by atomic mass is 35.5. The molecule has 2 aliphatic rings. The standard InChI is InChI=1S/C18H16ClFN2O2S2/c19-15-8-13(20)7-6-12(15)9-22(14-4-2-1-3-5-14)18-21-16-10-26(23,24)11-17(16)25-18/h1-8,16-17H,9-11H2/t16-,17-/m1/s1. The number of benzene rings is 2. The minimum absolute atomic E-state index is 0.0371. The van der Waals surface area contributed by atoms with Crippen LogP contribution in [0.4, 0.5) is 10.1 Å². The number of nitrogens with zero attached hydrogens (tertiary/aromatic N) is 2. The molecule has 2 atom stereocenters. The van der Waals surface area contributed by atoms with Crippen molar-refractivity contribution >= 4 is 44.1 Å². The lowest BCUT2D eigenvalue weighted by Crippen LogP contribution is -2.28. The number of hydrogen-bond donors (Lipinski definition) is 0. The number of halogens is 2. The van der Waals surface area contributed by atoms with Crippen molar-refractivity contribution in [2.45, 2.75) is 17.8 Å². The van der Waals surface area contributed by atoms with Crippen molar-refractivity contribution in [2.24, 2.45) is 4.99 Å². The van der Waals surface area contributed by atoms with Crippen molar-refractivity contribution in [1.82, 2.24) is 0 Å². The Bertz CT molecular complexity index is 966. The van der Waals surface area contributed by atoms with Gasteiger partial charge in [0.2, 0.25) is 0 Å². The molecule has 0 bridgehead atoms. The van der Waals surface area contributed by atoms with Crippen LogP contribution < -0.4 is 4.90 Å². The SMILES string of the molecule is O=S1(=O)C[C@H]2N=C(N(Cc3ccc(F)cc3Cl)c3ccccc3)S[C@@H]2C1. The summed E-state index contributed by atoms with van der Waals surface area (Å²) in [6, 6.07) is 13.9. The molecule has 26 heavy (non-hydrogen) atoms. The van der Waals surface area contributed by atoms with E-state index in [1.807, 2.05) is 35.2 Å². The first-order chi connectivity index (χ1) is 12.4. The minimum atomic E-state index is -3.00. The molecule has 1 fully saturated rings. The molecule has 2 heterocycles. The summed E-state index contributed by atoms with van der Waals surface area (Å²) in [5.41, 5.74) is 1.71. The maximum Gasteiger partial charge on any atom is 0.164 e. The maximum atomic E-state index is 13.4. The predicted octanol–water partition coefficient (Wildman–Crippen LogP) is 3.75. The fourth-order valence-corrected chi connectivity index (χ4v) is 7.18. The molecule has 2 aliphatic heterocycles. The van der Waals surface area contributed by atoms with E-state index in [0.29, 0.717) is 11.6 Å². The molecule has 0 N–H and O–H groups in total. The monoisotopic (exact) mass is 410 g/mol. The maximum absolute atomic E-state index is 13.4. The van der Waals surface area contributed by atoms with Gasteiger partial charge in [-0.2, -0.15) is 0 Å². The van der Waals surface area contributed by atoms with Gasteiger partial charge in [-0.05, 0) is 29.8 Å². The molecule has 0 aromatic heterocycles.